The molecule has 0 atom stereocenters. The van der Waals surface area contributed by atoms with E-state index in [1.54, 1.807) is 0 Å². The lowest BCUT2D eigenvalue weighted by Crippen LogP contribution is -2.42. The lowest BCUT2D eigenvalue weighted by molar-refractivity contribution is 0.0740. The van der Waals surface area contributed by atoms with Crippen LogP contribution >= 0.6 is 0 Å². The van der Waals surface area contributed by atoms with E-state index in [-0.39, 0.29) is 11.3 Å². The molecular formula is C12H18N4O2. The van der Waals surface area contributed by atoms with Crippen molar-refractivity contribution >= 4 is 11.7 Å². The number of nitrogens with two attached hydrogens (primary N) is 1. The zero-order valence-electron chi connectivity index (χ0n) is 10.9. The first kappa shape index (κ1) is 14.3. The largest absolute Gasteiger partial charge is 0.308 e. The molecule has 0 aliphatic heterocycles. The molecule has 1 aromatic heterocycles. The molecular weight excluding hydrogens is 232 g/mol. The molecule has 0 unspecified atom stereocenters. The van der Waals surface area contributed by atoms with E-state index >= 15 is 0 Å². The molecule has 0 spiro atoms. The number of likely N-dealkylation sites (N-methyl/N-ethyl adjacent to an activating group) is 1. The monoisotopic (exact) mass is 250 g/mol. The summed E-state index contributed by atoms with van der Waals surface area (Å²) in [6, 6.07) is 1.52. The average molecular weight is 250 g/mol. The number of hydrogen-bond donors (Lipinski definition) is 1. The molecule has 1 rings (SSSR count). The second-order valence-electron chi connectivity index (χ2n) is 4.28. The Morgan fingerprint density at radius 1 is 1.28 bits per heavy atom. The molecule has 18 heavy (non-hydrogen) atoms. The molecule has 0 saturated carbocycles. The van der Waals surface area contributed by atoms with Crippen molar-refractivity contribution in [3.05, 3.63) is 29.6 Å². The Morgan fingerprint density at radius 2 is 1.94 bits per heavy atom. The first-order valence-electron chi connectivity index (χ1n) is 5.59. The molecule has 6 nitrogen and oxygen atoms in total. The van der Waals surface area contributed by atoms with Gasteiger partial charge in [0, 0.05) is 24.5 Å². The van der Waals surface area contributed by atoms with Crippen LogP contribution in [0.15, 0.2) is 18.5 Å². The zero-order chi connectivity index (χ0) is 13.7. The smallest absolute Gasteiger partial charge is 0.270 e. The summed E-state index contributed by atoms with van der Waals surface area (Å²) in [4.78, 5) is 29.3. The van der Waals surface area contributed by atoms with E-state index in [0.29, 0.717) is 18.7 Å². The van der Waals surface area contributed by atoms with Crippen LogP contribution in [-0.2, 0) is 0 Å². The molecule has 1 heterocycles. The molecule has 0 aromatic carbocycles. The predicted octanol–water partition coefficient (Wildman–Crippen LogP) is 0.162. The summed E-state index contributed by atoms with van der Waals surface area (Å²) < 4.78 is 0. The van der Waals surface area contributed by atoms with Crippen LogP contribution in [0.25, 0.3) is 0 Å². The molecule has 1 amide bonds. The maximum absolute atomic E-state index is 12.1. The van der Waals surface area contributed by atoms with Crippen molar-refractivity contribution in [1.82, 2.24) is 14.9 Å². The Balaban J connectivity index is 2.86. The van der Waals surface area contributed by atoms with Crippen molar-refractivity contribution in [2.75, 3.05) is 27.2 Å². The van der Waals surface area contributed by atoms with Crippen molar-refractivity contribution in [3.63, 3.8) is 0 Å². The number of carbonyl (C=O) groups excluding carboxylic acids is 2. The van der Waals surface area contributed by atoms with Crippen LogP contribution in [0.5, 0.6) is 0 Å². The molecule has 1 aromatic rings. The van der Waals surface area contributed by atoms with Gasteiger partial charge in [-0.15, -0.1) is 0 Å². The quantitative estimate of drug-likeness (QED) is 0.348. The molecule has 0 aliphatic carbocycles. The number of hydrogen-bond acceptors (Lipinski definition) is 5. The van der Waals surface area contributed by atoms with E-state index in [2.05, 4.69) is 4.98 Å². The fraction of sp³-hybridized carbons (Fsp3) is 0.417. The maximum Gasteiger partial charge on any atom is 0.270 e. The second kappa shape index (κ2) is 6.23. The van der Waals surface area contributed by atoms with Crippen molar-refractivity contribution in [2.24, 2.45) is 5.84 Å². The molecule has 0 fully saturated rings. The summed E-state index contributed by atoms with van der Waals surface area (Å²) in [5, 5.41) is 1.10. The summed E-state index contributed by atoms with van der Waals surface area (Å²) in [6.07, 6.45) is 2.85. The minimum atomic E-state index is -0.393. The lowest BCUT2D eigenvalue weighted by Gasteiger charge is -2.19. The Bertz CT molecular complexity index is 445. The Labute approximate surface area is 106 Å². The number of amides is 1. The average Bonchev–Trinajstić information content (AvgIpc) is 2.34. The Hall–Kier alpha value is -1.79. The van der Waals surface area contributed by atoms with Gasteiger partial charge in [-0.25, -0.2) is 5.84 Å². The van der Waals surface area contributed by atoms with Gasteiger partial charge in [0.25, 0.3) is 5.91 Å². The highest BCUT2D eigenvalue weighted by Crippen LogP contribution is 2.09. The fourth-order valence-corrected chi connectivity index (χ4v) is 1.44. The van der Waals surface area contributed by atoms with E-state index in [9.17, 15) is 9.59 Å². The van der Waals surface area contributed by atoms with E-state index in [1.165, 1.54) is 25.4 Å². The third-order valence-corrected chi connectivity index (χ3v) is 2.48. The standard InChI is InChI=1S/C12H18N4O2/c1-9(17)10-4-5-14-8-11(10)12(18)16(13)7-6-15(2)3/h4-5,8H,6-7,13H2,1-3H3. The van der Waals surface area contributed by atoms with Gasteiger partial charge in [-0.3, -0.25) is 19.6 Å². The van der Waals surface area contributed by atoms with Gasteiger partial charge in [0.15, 0.2) is 5.78 Å². The molecule has 0 bridgehead atoms. The summed E-state index contributed by atoms with van der Waals surface area (Å²) >= 11 is 0. The van der Waals surface area contributed by atoms with E-state index < -0.39 is 5.91 Å². The zero-order valence-corrected chi connectivity index (χ0v) is 10.9. The van der Waals surface area contributed by atoms with Crippen LogP contribution in [0, 0.1) is 0 Å². The number of Topliss-reactive ketones (excluding diaryl/α,β-unsaturated/α-hetero) is 1. The van der Waals surface area contributed by atoms with Gasteiger partial charge in [0.1, 0.15) is 0 Å². The van der Waals surface area contributed by atoms with Gasteiger partial charge >= 0.3 is 0 Å². The maximum atomic E-state index is 12.1. The van der Waals surface area contributed by atoms with Crippen molar-refractivity contribution in [1.29, 1.82) is 0 Å². The summed E-state index contributed by atoms with van der Waals surface area (Å²) in [5.74, 6) is 5.11. The SMILES string of the molecule is CC(=O)c1ccncc1C(=O)N(N)CCN(C)C. The topological polar surface area (TPSA) is 79.5 Å². The number of aromatic nitrogens is 1. The van der Waals surface area contributed by atoms with Gasteiger partial charge in [-0.1, -0.05) is 0 Å². The van der Waals surface area contributed by atoms with Crippen molar-refractivity contribution in [2.45, 2.75) is 6.92 Å². The highest BCUT2D eigenvalue weighted by molar-refractivity contribution is 6.06. The van der Waals surface area contributed by atoms with Crippen LogP contribution < -0.4 is 5.84 Å². The van der Waals surface area contributed by atoms with Crippen LogP contribution in [-0.4, -0.2) is 53.8 Å². The number of pyridine rings is 1. The predicted molar refractivity (Wildman–Crippen MR) is 68.0 cm³/mol. The van der Waals surface area contributed by atoms with Gasteiger partial charge in [0.2, 0.25) is 0 Å². The first-order valence-corrected chi connectivity index (χ1v) is 5.59. The van der Waals surface area contributed by atoms with Crippen molar-refractivity contribution < 1.29 is 9.59 Å². The van der Waals surface area contributed by atoms with Crippen LogP contribution in [0.4, 0.5) is 0 Å². The number of nitrogens with zero attached hydrogens (tertiary/aromatic N) is 3. The first-order chi connectivity index (χ1) is 8.43. The molecule has 0 saturated heterocycles. The molecule has 0 aliphatic rings. The van der Waals surface area contributed by atoms with Crippen LogP contribution in [0.3, 0.4) is 0 Å². The minimum Gasteiger partial charge on any atom is -0.308 e. The van der Waals surface area contributed by atoms with E-state index in [0.717, 1.165) is 5.01 Å². The molecule has 2 N–H and O–H groups in total. The normalized spacial score (nSPS) is 10.5. The highest BCUT2D eigenvalue weighted by atomic mass is 16.2. The highest BCUT2D eigenvalue weighted by Gasteiger charge is 2.18. The van der Waals surface area contributed by atoms with E-state index in [1.807, 2.05) is 19.0 Å². The Kier molecular flexibility index (Phi) is 4.94. The number of carbonyl (C=O) groups is 2. The van der Waals surface area contributed by atoms with Gasteiger partial charge in [-0.2, -0.15) is 0 Å². The lowest BCUT2D eigenvalue weighted by atomic mass is 10.1. The van der Waals surface area contributed by atoms with Crippen molar-refractivity contribution in [3.8, 4) is 0 Å². The fourth-order valence-electron chi connectivity index (χ4n) is 1.44. The number of rotatable bonds is 5. The van der Waals surface area contributed by atoms with Gasteiger partial charge in [0.05, 0.1) is 12.1 Å². The summed E-state index contributed by atoms with van der Waals surface area (Å²) in [6.45, 7) is 2.45. The van der Waals surface area contributed by atoms with Gasteiger partial charge in [-0.05, 0) is 27.1 Å². The third kappa shape index (κ3) is 3.61. The van der Waals surface area contributed by atoms with Crippen LogP contribution in [0.2, 0.25) is 0 Å². The van der Waals surface area contributed by atoms with E-state index in [4.69, 9.17) is 5.84 Å². The second-order valence-corrected chi connectivity index (χ2v) is 4.28. The molecule has 6 heteroatoms. The minimum absolute atomic E-state index is 0.179. The Morgan fingerprint density at radius 3 is 2.50 bits per heavy atom. The van der Waals surface area contributed by atoms with Crippen LogP contribution in [0.1, 0.15) is 27.6 Å². The number of ketones is 1. The summed E-state index contributed by atoms with van der Waals surface area (Å²) in [7, 11) is 3.78. The molecule has 0 radical (unpaired) electrons. The number of hydrazine groups is 1. The third-order valence-electron chi connectivity index (χ3n) is 2.48. The molecule has 98 valence electrons. The van der Waals surface area contributed by atoms with Gasteiger partial charge < -0.3 is 4.90 Å². The summed E-state index contributed by atoms with van der Waals surface area (Å²) in [5.41, 5.74) is 0.585.